The standard InChI is InChI=1S/C6H9NO3S3.K/c1-5-4-12-6(11)7(5)2-3-13(8,9)10;/h4H,2-3H2,1H3,(H,8,9,10);/q;+1/p-1. The predicted octanol–water partition coefficient (Wildman–Crippen LogP) is -1.86. The van der Waals surface area contributed by atoms with Gasteiger partial charge < -0.3 is 9.12 Å². The molecule has 8 heteroatoms. The fraction of sp³-hybridized carbons (Fsp3) is 0.500. The Morgan fingerprint density at radius 1 is 1.64 bits per heavy atom. The minimum atomic E-state index is -4.15. The summed E-state index contributed by atoms with van der Waals surface area (Å²) < 4.78 is 33.3. The van der Waals surface area contributed by atoms with E-state index in [1.807, 2.05) is 12.3 Å². The largest absolute Gasteiger partial charge is 1.00 e. The molecule has 0 bridgehead atoms. The monoisotopic (exact) mass is 277 g/mol. The van der Waals surface area contributed by atoms with Crippen molar-refractivity contribution in [2.45, 2.75) is 13.5 Å². The van der Waals surface area contributed by atoms with Crippen molar-refractivity contribution >= 4 is 33.7 Å². The summed E-state index contributed by atoms with van der Waals surface area (Å²) in [6.07, 6.45) is 0. The molecule has 1 aromatic rings. The first kappa shape index (κ1) is 15.4. The van der Waals surface area contributed by atoms with Crippen LogP contribution in [0.3, 0.4) is 0 Å². The van der Waals surface area contributed by atoms with Crippen molar-refractivity contribution in [1.82, 2.24) is 4.57 Å². The van der Waals surface area contributed by atoms with Gasteiger partial charge in [0.1, 0.15) is 0 Å². The zero-order valence-corrected chi connectivity index (χ0v) is 13.5. The molecule has 0 N–H and O–H groups in total. The van der Waals surface area contributed by atoms with Gasteiger partial charge in [0.25, 0.3) is 0 Å². The molecule has 14 heavy (non-hydrogen) atoms. The molecule has 0 radical (unpaired) electrons. The van der Waals surface area contributed by atoms with Gasteiger partial charge in [-0.15, -0.1) is 11.3 Å². The van der Waals surface area contributed by atoms with Gasteiger partial charge in [-0.3, -0.25) is 0 Å². The summed E-state index contributed by atoms with van der Waals surface area (Å²) in [6.45, 7) is 1.98. The first-order chi connectivity index (χ1) is 5.90. The Hall–Kier alpha value is 1.40. The number of aryl methyl sites for hydroxylation is 1. The van der Waals surface area contributed by atoms with Crippen LogP contribution in [0.2, 0.25) is 0 Å². The second-order valence-corrected chi connectivity index (χ2v) is 5.58. The third kappa shape index (κ3) is 4.95. The molecule has 1 aromatic heterocycles. The van der Waals surface area contributed by atoms with Crippen LogP contribution in [0.15, 0.2) is 5.38 Å². The predicted molar refractivity (Wildman–Crippen MR) is 52.4 cm³/mol. The molecule has 0 aromatic carbocycles. The van der Waals surface area contributed by atoms with Crippen LogP contribution in [0.5, 0.6) is 0 Å². The quantitative estimate of drug-likeness (QED) is 0.369. The van der Waals surface area contributed by atoms with Crippen LogP contribution in [0.1, 0.15) is 5.69 Å². The van der Waals surface area contributed by atoms with Crippen LogP contribution in [0, 0.1) is 10.9 Å². The van der Waals surface area contributed by atoms with Crippen molar-refractivity contribution in [2.75, 3.05) is 5.75 Å². The fourth-order valence-electron chi connectivity index (χ4n) is 0.878. The minimum Gasteiger partial charge on any atom is -0.748 e. The number of thiazole rings is 1. The van der Waals surface area contributed by atoms with Crippen molar-refractivity contribution in [2.24, 2.45) is 0 Å². The molecule has 0 aliphatic heterocycles. The van der Waals surface area contributed by atoms with E-state index in [0.717, 1.165) is 5.69 Å². The Bertz CT molecular complexity index is 447. The first-order valence-corrected chi connectivity index (χ1v) is 6.35. The third-order valence-corrected chi connectivity index (χ3v) is 3.61. The zero-order chi connectivity index (χ0) is 10.1. The average molecular weight is 277 g/mol. The van der Waals surface area contributed by atoms with Gasteiger partial charge in [-0.1, -0.05) is 0 Å². The van der Waals surface area contributed by atoms with Crippen molar-refractivity contribution in [3.8, 4) is 0 Å². The molecule has 0 atom stereocenters. The second kappa shape index (κ2) is 6.21. The van der Waals surface area contributed by atoms with Gasteiger partial charge in [0.05, 0.1) is 15.9 Å². The van der Waals surface area contributed by atoms with E-state index in [-0.39, 0.29) is 57.9 Å². The number of aromatic nitrogens is 1. The molecular formula is C6H8KNO3S3. The Morgan fingerprint density at radius 2 is 2.21 bits per heavy atom. The Labute approximate surface area is 135 Å². The summed E-state index contributed by atoms with van der Waals surface area (Å²) in [5.74, 6) is -0.404. The van der Waals surface area contributed by atoms with E-state index < -0.39 is 15.9 Å². The van der Waals surface area contributed by atoms with Crippen molar-refractivity contribution in [1.29, 1.82) is 0 Å². The minimum absolute atomic E-state index is 0. The second-order valence-electron chi connectivity index (χ2n) is 2.56. The molecule has 74 valence electrons. The Balaban J connectivity index is 0.00000169. The number of hydrogen-bond acceptors (Lipinski definition) is 5. The van der Waals surface area contributed by atoms with E-state index in [9.17, 15) is 13.0 Å². The maximum atomic E-state index is 10.3. The first-order valence-electron chi connectivity index (χ1n) is 3.48. The van der Waals surface area contributed by atoms with Crippen LogP contribution in [0.4, 0.5) is 0 Å². The van der Waals surface area contributed by atoms with Crippen molar-refractivity contribution < 1.29 is 64.4 Å². The van der Waals surface area contributed by atoms with Crippen molar-refractivity contribution in [3.63, 3.8) is 0 Å². The molecule has 0 saturated carbocycles. The van der Waals surface area contributed by atoms with Gasteiger partial charge in [-0.05, 0) is 19.1 Å². The van der Waals surface area contributed by atoms with Crippen LogP contribution in [-0.4, -0.2) is 23.3 Å². The van der Waals surface area contributed by atoms with Gasteiger partial charge >= 0.3 is 51.4 Å². The molecule has 4 nitrogen and oxygen atoms in total. The average Bonchev–Trinajstić information content (AvgIpc) is 2.27. The Kier molecular flexibility index (Phi) is 6.83. The SMILES string of the molecule is Cc1csc(=S)n1CCS(=O)(=O)[O-].[K+]. The van der Waals surface area contributed by atoms with E-state index in [1.165, 1.54) is 11.3 Å². The summed E-state index contributed by atoms with van der Waals surface area (Å²) in [7, 11) is -4.15. The summed E-state index contributed by atoms with van der Waals surface area (Å²) in [5.41, 5.74) is 0.888. The Morgan fingerprint density at radius 3 is 2.57 bits per heavy atom. The zero-order valence-electron chi connectivity index (χ0n) is 7.89. The maximum absolute atomic E-state index is 10.3. The molecule has 0 spiro atoms. The number of hydrogen-bond donors (Lipinski definition) is 0. The van der Waals surface area contributed by atoms with Gasteiger partial charge in [0.2, 0.25) is 0 Å². The van der Waals surface area contributed by atoms with E-state index in [4.69, 9.17) is 12.2 Å². The number of rotatable bonds is 3. The number of nitrogens with zero attached hydrogens (tertiary/aromatic N) is 1. The normalized spacial score (nSPS) is 11.0. The van der Waals surface area contributed by atoms with Gasteiger partial charge in [-0.2, -0.15) is 0 Å². The molecule has 1 heterocycles. The van der Waals surface area contributed by atoms with Crippen molar-refractivity contribution in [3.05, 3.63) is 15.0 Å². The molecule has 0 aliphatic rings. The maximum Gasteiger partial charge on any atom is 1.00 e. The summed E-state index contributed by atoms with van der Waals surface area (Å²) in [6, 6.07) is 0. The van der Waals surface area contributed by atoms with E-state index in [2.05, 4.69) is 0 Å². The van der Waals surface area contributed by atoms with Crippen LogP contribution in [-0.2, 0) is 16.7 Å². The molecule has 0 amide bonds. The summed E-state index contributed by atoms with van der Waals surface area (Å²) >= 11 is 6.31. The van der Waals surface area contributed by atoms with Crippen LogP contribution >= 0.6 is 23.6 Å². The topological polar surface area (TPSA) is 62.1 Å². The van der Waals surface area contributed by atoms with Gasteiger partial charge in [0, 0.05) is 17.6 Å². The van der Waals surface area contributed by atoms with E-state index in [0.29, 0.717) is 3.95 Å². The summed E-state index contributed by atoms with van der Waals surface area (Å²) in [5, 5.41) is 1.83. The molecule has 0 fully saturated rings. The van der Waals surface area contributed by atoms with Gasteiger partial charge in [0.15, 0.2) is 3.95 Å². The van der Waals surface area contributed by atoms with Gasteiger partial charge in [-0.25, -0.2) is 8.42 Å². The molecular weight excluding hydrogens is 269 g/mol. The van der Waals surface area contributed by atoms with Crippen LogP contribution in [0.25, 0.3) is 0 Å². The van der Waals surface area contributed by atoms with Crippen LogP contribution < -0.4 is 51.4 Å². The molecule has 0 saturated heterocycles. The fourth-order valence-corrected chi connectivity index (χ4v) is 2.42. The van der Waals surface area contributed by atoms with E-state index in [1.54, 1.807) is 4.57 Å². The van der Waals surface area contributed by atoms with E-state index >= 15 is 0 Å². The molecule has 1 rings (SSSR count). The smallest absolute Gasteiger partial charge is 0.748 e. The summed E-state index contributed by atoms with van der Waals surface area (Å²) in [4.78, 5) is 0. The molecule has 0 aliphatic carbocycles. The molecule has 0 unspecified atom stereocenters. The third-order valence-electron chi connectivity index (χ3n) is 1.54.